The first kappa shape index (κ1) is 23.5. The summed E-state index contributed by atoms with van der Waals surface area (Å²) in [7, 11) is 2.20. The summed E-state index contributed by atoms with van der Waals surface area (Å²) in [5.41, 5.74) is 4.53. The van der Waals surface area contributed by atoms with Crippen molar-refractivity contribution < 1.29 is 61.2 Å². The molecule has 2 aliphatic carbocycles. The normalized spacial score (nSPS) is 15.0. The summed E-state index contributed by atoms with van der Waals surface area (Å²) in [4.78, 5) is 11.6. The first-order valence-electron chi connectivity index (χ1n) is 6.73. The second-order valence-electron chi connectivity index (χ2n) is 4.76. The van der Waals surface area contributed by atoms with E-state index in [4.69, 9.17) is 5.11 Å². The fourth-order valence-corrected chi connectivity index (χ4v) is 3.30. The van der Waals surface area contributed by atoms with Crippen molar-refractivity contribution in [1.82, 2.24) is 0 Å². The Morgan fingerprint density at radius 1 is 1.25 bits per heavy atom. The predicted octanol–water partition coefficient (Wildman–Crippen LogP) is -4.14. The van der Waals surface area contributed by atoms with Crippen LogP contribution in [0.25, 0.3) is 5.57 Å². The molecule has 0 spiro atoms. The fraction of sp³-hybridized carbons (Fsp3) is 0.176. The van der Waals surface area contributed by atoms with Crippen LogP contribution in [-0.4, -0.2) is 34.1 Å². The molecule has 0 unspecified atom stereocenters. The van der Waals surface area contributed by atoms with Gasteiger partial charge >= 0.3 is 21.7 Å². The summed E-state index contributed by atoms with van der Waals surface area (Å²) in [6.45, 7) is 1.73. The number of aliphatic hydroxyl groups is 1. The molecule has 0 bridgehead atoms. The van der Waals surface area contributed by atoms with E-state index in [1.165, 1.54) is 10.8 Å². The van der Waals surface area contributed by atoms with E-state index in [-0.39, 0.29) is 58.9 Å². The Morgan fingerprint density at radius 2 is 1.96 bits per heavy atom. The summed E-state index contributed by atoms with van der Waals surface area (Å²) in [6, 6.07) is 8.13. The van der Waals surface area contributed by atoms with Crippen LogP contribution in [0.1, 0.15) is 17.5 Å². The minimum atomic E-state index is 0. The maximum absolute atomic E-state index is 11.6. The molecule has 0 fully saturated rings. The fourth-order valence-electron chi connectivity index (χ4n) is 2.35. The largest absolute Gasteiger partial charge is 4.00 e. The molecular formula is C17H14Cl2O3SiTi. The van der Waals surface area contributed by atoms with E-state index in [0.29, 0.717) is 15.9 Å². The van der Waals surface area contributed by atoms with Gasteiger partial charge in [0, 0.05) is 6.61 Å². The summed E-state index contributed by atoms with van der Waals surface area (Å²) in [6.07, 6.45) is 5.79. The van der Waals surface area contributed by atoms with E-state index in [1.54, 1.807) is 19.8 Å². The van der Waals surface area contributed by atoms with E-state index < -0.39 is 0 Å². The molecule has 1 aromatic carbocycles. The van der Waals surface area contributed by atoms with Gasteiger partial charge in [-0.3, -0.25) is 4.79 Å². The van der Waals surface area contributed by atoms with Crippen LogP contribution in [0.5, 0.6) is 0 Å². The van der Waals surface area contributed by atoms with Gasteiger partial charge in [0.1, 0.15) is 0 Å². The van der Waals surface area contributed by atoms with Gasteiger partial charge in [-0.05, 0) is 13.2 Å². The van der Waals surface area contributed by atoms with Gasteiger partial charge < -0.3 is 34.7 Å². The molecule has 3 nitrogen and oxygen atoms in total. The minimum Gasteiger partial charge on any atom is -1.00 e. The van der Waals surface area contributed by atoms with Crippen LogP contribution < -0.4 is 24.8 Å². The van der Waals surface area contributed by atoms with Crippen LogP contribution in [0.15, 0.2) is 46.3 Å². The molecule has 4 rings (SSSR count). The molecule has 0 atom stereocenters. The van der Waals surface area contributed by atoms with Crippen molar-refractivity contribution in [2.45, 2.75) is 6.42 Å². The number of ketones is 1. The first-order valence-corrected chi connectivity index (χ1v) is 7.73. The quantitative estimate of drug-likeness (QED) is 0.311. The minimum absolute atomic E-state index is 0. The number of benzene rings is 1. The van der Waals surface area contributed by atoms with Crippen molar-refractivity contribution >= 4 is 20.9 Å². The van der Waals surface area contributed by atoms with Crippen molar-refractivity contribution in [2.24, 2.45) is 0 Å². The Kier molecular flexibility index (Phi) is 10.3. The second-order valence-corrected chi connectivity index (χ2v) is 6.01. The maximum atomic E-state index is 11.6. The van der Waals surface area contributed by atoms with Gasteiger partial charge in [-0.25, -0.2) is 6.61 Å². The molecule has 24 heavy (non-hydrogen) atoms. The van der Waals surface area contributed by atoms with Crippen molar-refractivity contribution in [3.63, 3.8) is 0 Å². The molecule has 2 radical (unpaired) electrons. The molecule has 0 aromatic heterocycles. The van der Waals surface area contributed by atoms with E-state index in [9.17, 15) is 4.79 Å². The van der Waals surface area contributed by atoms with Gasteiger partial charge in [0.05, 0.1) is 9.52 Å². The Morgan fingerprint density at radius 3 is 2.58 bits per heavy atom. The van der Waals surface area contributed by atoms with Crippen LogP contribution in [0.2, 0.25) is 0 Å². The van der Waals surface area contributed by atoms with Crippen molar-refractivity contribution in [3.8, 4) is 0 Å². The number of fused-ring (bicyclic) bond motifs is 4. The molecule has 1 N–H and O–H groups in total. The van der Waals surface area contributed by atoms with Crippen LogP contribution in [0, 0.1) is 12.7 Å². The number of carbonyl (C=O) groups excluding carboxylic acids is 1. The second kappa shape index (κ2) is 10.5. The molecule has 1 heterocycles. The summed E-state index contributed by atoms with van der Waals surface area (Å²) in [5.74, 6) is 0.209. The van der Waals surface area contributed by atoms with Crippen LogP contribution in [-0.2, 0) is 31.2 Å². The van der Waals surface area contributed by atoms with E-state index in [1.807, 2.05) is 12.1 Å². The third-order valence-electron chi connectivity index (χ3n) is 3.37. The summed E-state index contributed by atoms with van der Waals surface area (Å²) >= 11 is 0. The van der Waals surface area contributed by atoms with E-state index in [2.05, 4.69) is 22.9 Å². The topological polar surface area (TPSA) is 46.5 Å². The zero-order valence-electron chi connectivity index (χ0n) is 12.9. The summed E-state index contributed by atoms with van der Waals surface area (Å²) < 4.78 is 4.50. The molecular weight excluding hydrogens is 399 g/mol. The van der Waals surface area contributed by atoms with Crippen molar-refractivity contribution in [1.29, 1.82) is 0 Å². The maximum Gasteiger partial charge on any atom is 4.00 e. The van der Waals surface area contributed by atoms with Crippen molar-refractivity contribution in [2.75, 3.05) is 13.7 Å². The molecule has 1 aliphatic heterocycles. The molecule has 0 saturated heterocycles. The zero-order valence-corrected chi connectivity index (χ0v) is 17.0. The number of allylic oxidation sites excluding steroid dienone is 5. The average molecular weight is 413 g/mol. The van der Waals surface area contributed by atoms with Crippen molar-refractivity contribution in [3.05, 3.63) is 70.1 Å². The first-order chi connectivity index (χ1) is 10.3. The zero-order chi connectivity index (χ0) is 14.8. The third kappa shape index (κ3) is 4.79. The Bertz CT molecular complexity index is 695. The van der Waals surface area contributed by atoms with Gasteiger partial charge in [0.2, 0.25) is 0 Å². The standard InChI is InChI=1S/C13H5OSi.C4H9O2.2ClH.Ti/c14-11-6-9-8-4-2-1-3-7(8)5-10(9)12-13(11)15-12;1-6-4-2-3-5;;;/h1-4,6H;4-5H,2-3H2,1H3;2*1H;/q2*-1;;;+4/p-2. The number of halogens is 2. The van der Waals surface area contributed by atoms with E-state index in [0.717, 1.165) is 21.9 Å². The van der Waals surface area contributed by atoms with Crippen LogP contribution >= 0.6 is 0 Å². The molecule has 122 valence electrons. The van der Waals surface area contributed by atoms with Gasteiger partial charge in [-0.1, -0.05) is 23.4 Å². The molecule has 0 saturated carbocycles. The molecule has 7 heteroatoms. The summed E-state index contributed by atoms with van der Waals surface area (Å²) in [5, 5.41) is 10.4. The van der Waals surface area contributed by atoms with Gasteiger partial charge in [-0.2, -0.15) is 0 Å². The van der Waals surface area contributed by atoms with Gasteiger partial charge in [0.25, 0.3) is 0 Å². The number of aliphatic hydroxyl groups excluding tert-OH is 1. The monoisotopic (exact) mass is 412 g/mol. The number of hydrogen-bond acceptors (Lipinski definition) is 3. The van der Waals surface area contributed by atoms with E-state index >= 15 is 0 Å². The number of ether oxygens (including phenoxy) is 1. The Labute approximate surface area is 171 Å². The van der Waals surface area contributed by atoms with Crippen LogP contribution in [0.3, 0.4) is 0 Å². The Hall–Kier alpha value is -0.459. The molecule has 0 amide bonds. The van der Waals surface area contributed by atoms with Gasteiger partial charge in [0.15, 0.2) is 5.78 Å². The predicted molar refractivity (Wildman–Crippen MR) is 81.1 cm³/mol. The third-order valence-corrected chi connectivity index (χ3v) is 4.62. The Balaban J connectivity index is 0.000000524. The molecule has 1 aromatic rings. The average Bonchev–Trinajstić information content (AvgIpc) is 3.24. The number of hydrogen-bond donors (Lipinski definition) is 1. The number of methoxy groups -OCH3 is 1. The SMILES string of the molecule is CO[CH-]CCO.O=C1C=C2C(=[C-]c3ccccc32)C2=C1[Si]2.[Cl-].[Cl-].[Ti+4]. The number of carbonyl (C=O) groups is 1. The number of rotatable bonds is 3. The molecule has 3 aliphatic rings. The van der Waals surface area contributed by atoms with Crippen LogP contribution in [0.4, 0.5) is 0 Å². The van der Waals surface area contributed by atoms with Gasteiger partial charge in [-0.15, -0.1) is 46.0 Å². The smallest absolute Gasteiger partial charge is 1.00 e.